The predicted octanol–water partition coefficient (Wildman–Crippen LogP) is 2.67. The number of hydrogen-bond donors (Lipinski definition) is 1. The molecular formula is C13H14N2O2S. The number of carbonyl (C=O) groups is 1. The monoisotopic (exact) mass is 262 g/mol. The van der Waals surface area contributed by atoms with Crippen LogP contribution in [0.3, 0.4) is 0 Å². The van der Waals surface area contributed by atoms with E-state index in [1.54, 1.807) is 6.20 Å². The third kappa shape index (κ3) is 2.56. The van der Waals surface area contributed by atoms with Gasteiger partial charge in [-0.15, -0.1) is 0 Å². The van der Waals surface area contributed by atoms with Gasteiger partial charge in [0.2, 0.25) is 0 Å². The summed E-state index contributed by atoms with van der Waals surface area (Å²) in [5, 5.41) is 9.43. The lowest BCUT2D eigenvalue weighted by molar-refractivity contribution is -0.133. The molecule has 0 unspecified atom stereocenters. The molecule has 0 aliphatic heterocycles. The molecule has 1 aromatic heterocycles. The molecule has 0 atom stereocenters. The lowest BCUT2D eigenvalue weighted by Gasteiger charge is -2.12. The summed E-state index contributed by atoms with van der Waals surface area (Å²) in [4.78, 5) is 14.8. The maximum absolute atomic E-state index is 10.6. The molecule has 0 saturated carbocycles. The zero-order valence-electron chi connectivity index (χ0n) is 10.3. The van der Waals surface area contributed by atoms with Gasteiger partial charge < -0.3 is 5.11 Å². The van der Waals surface area contributed by atoms with Crippen molar-refractivity contribution in [3.05, 3.63) is 41.7 Å². The van der Waals surface area contributed by atoms with Crippen molar-refractivity contribution >= 4 is 17.7 Å². The molecule has 0 saturated heterocycles. The third-order valence-electron chi connectivity index (χ3n) is 2.61. The molecule has 1 heterocycles. The molecule has 0 aliphatic rings. The van der Waals surface area contributed by atoms with Crippen molar-refractivity contribution in [1.29, 1.82) is 0 Å². The first-order valence-electron chi connectivity index (χ1n) is 5.54. The predicted molar refractivity (Wildman–Crippen MR) is 71.4 cm³/mol. The van der Waals surface area contributed by atoms with Crippen LogP contribution in [-0.4, -0.2) is 26.4 Å². The van der Waals surface area contributed by atoms with E-state index >= 15 is 0 Å². The van der Waals surface area contributed by atoms with Gasteiger partial charge in [-0.25, -0.2) is 4.98 Å². The Morgan fingerprint density at radius 1 is 1.39 bits per heavy atom. The van der Waals surface area contributed by atoms with Gasteiger partial charge >= 0.3 is 5.97 Å². The Morgan fingerprint density at radius 3 is 2.67 bits per heavy atom. The summed E-state index contributed by atoms with van der Waals surface area (Å²) in [6.07, 6.45) is 3.55. The normalized spacial score (nSPS) is 10.6. The van der Waals surface area contributed by atoms with E-state index in [9.17, 15) is 4.79 Å². The highest BCUT2D eigenvalue weighted by Gasteiger charge is 2.11. The van der Waals surface area contributed by atoms with Gasteiger partial charge in [-0.05, 0) is 25.0 Å². The number of hydrogen-bond acceptors (Lipinski definition) is 3. The number of aryl methyl sites for hydroxylation is 2. The second-order valence-electron chi connectivity index (χ2n) is 4.00. The summed E-state index contributed by atoms with van der Waals surface area (Å²) < 4.78 is 1.94. The van der Waals surface area contributed by atoms with Crippen LogP contribution in [-0.2, 0) is 4.79 Å². The fourth-order valence-electron chi connectivity index (χ4n) is 1.88. The third-order valence-corrected chi connectivity index (χ3v) is 3.56. The lowest BCUT2D eigenvalue weighted by Crippen LogP contribution is -2.03. The number of aromatic nitrogens is 2. The van der Waals surface area contributed by atoms with E-state index < -0.39 is 5.97 Å². The number of carboxylic acid groups (broad SMARTS) is 1. The molecular weight excluding hydrogens is 248 g/mol. The zero-order chi connectivity index (χ0) is 13.1. The lowest BCUT2D eigenvalue weighted by atomic mass is 10.1. The van der Waals surface area contributed by atoms with Crippen molar-refractivity contribution in [3.8, 4) is 5.69 Å². The number of rotatable bonds is 4. The van der Waals surface area contributed by atoms with Crippen LogP contribution in [0.25, 0.3) is 5.69 Å². The van der Waals surface area contributed by atoms with Gasteiger partial charge in [0.15, 0.2) is 5.16 Å². The smallest absolute Gasteiger partial charge is 0.313 e. The second kappa shape index (κ2) is 5.27. The molecule has 0 fully saturated rings. The van der Waals surface area contributed by atoms with E-state index in [4.69, 9.17) is 5.11 Å². The fraction of sp³-hybridized carbons (Fsp3) is 0.231. The summed E-state index contributed by atoms with van der Waals surface area (Å²) in [6, 6.07) is 6.08. The Kier molecular flexibility index (Phi) is 3.72. The Morgan fingerprint density at radius 2 is 2.06 bits per heavy atom. The zero-order valence-corrected chi connectivity index (χ0v) is 11.1. The summed E-state index contributed by atoms with van der Waals surface area (Å²) in [5.74, 6) is -0.821. The topological polar surface area (TPSA) is 55.1 Å². The number of imidazole rings is 1. The first kappa shape index (κ1) is 12.7. The Hall–Kier alpha value is -1.75. The maximum atomic E-state index is 10.6. The molecule has 5 heteroatoms. The van der Waals surface area contributed by atoms with Crippen LogP contribution in [0.1, 0.15) is 11.1 Å². The highest BCUT2D eigenvalue weighted by molar-refractivity contribution is 7.99. The molecule has 0 spiro atoms. The molecule has 2 aromatic rings. The summed E-state index contributed by atoms with van der Waals surface area (Å²) >= 11 is 1.23. The Labute approximate surface area is 110 Å². The van der Waals surface area contributed by atoms with E-state index in [0.717, 1.165) is 16.8 Å². The number of para-hydroxylation sites is 1. The highest BCUT2D eigenvalue weighted by atomic mass is 32.2. The van der Waals surface area contributed by atoms with E-state index in [1.807, 2.05) is 42.8 Å². The Balaban J connectivity index is 2.39. The van der Waals surface area contributed by atoms with Crippen molar-refractivity contribution in [2.45, 2.75) is 19.0 Å². The van der Waals surface area contributed by atoms with Gasteiger partial charge in [-0.3, -0.25) is 9.36 Å². The average Bonchev–Trinajstić information content (AvgIpc) is 2.74. The Bertz CT molecular complexity index is 558. The standard InChI is InChI=1S/C13H14N2O2S/c1-9-4-3-5-10(2)12(9)15-7-6-14-13(15)18-8-11(16)17/h3-7H,8H2,1-2H3,(H,16,17). The van der Waals surface area contributed by atoms with Crippen molar-refractivity contribution in [2.24, 2.45) is 0 Å². The van der Waals surface area contributed by atoms with E-state index in [0.29, 0.717) is 5.16 Å². The molecule has 0 amide bonds. The number of nitrogens with zero attached hydrogens (tertiary/aromatic N) is 2. The maximum Gasteiger partial charge on any atom is 0.313 e. The second-order valence-corrected chi connectivity index (χ2v) is 4.95. The molecule has 1 N–H and O–H groups in total. The van der Waals surface area contributed by atoms with Crippen molar-refractivity contribution in [2.75, 3.05) is 5.75 Å². The van der Waals surface area contributed by atoms with Crippen molar-refractivity contribution in [3.63, 3.8) is 0 Å². The van der Waals surface area contributed by atoms with Crippen LogP contribution < -0.4 is 0 Å². The molecule has 18 heavy (non-hydrogen) atoms. The number of benzene rings is 1. The summed E-state index contributed by atoms with van der Waals surface area (Å²) in [5.41, 5.74) is 3.36. The number of thioether (sulfide) groups is 1. The van der Waals surface area contributed by atoms with Crippen molar-refractivity contribution < 1.29 is 9.90 Å². The van der Waals surface area contributed by atoms with E-state index in [-0.39, 0.29) is 5.75 Å². The molecule has 2 rings (SSSR count). The average molecular weight is 262 g/mol. The summed E-state index contributed by atoms with van der Waals surface area (Å²) in [7, 11) is 0. The fourth-order valence-corrected chi connectivity index (χ4v) is 2.56. The first-order chi connectivity index (χ1) is 8.59. The van der Waals surface area contributed by atoms with Crippen LogP contribution in [0.4, 0.5) is 0 Å². The number of carboxylic acids is 1. The van der Waals surface area contributed by atoms with E-state index in [2.05, 4.69) is 4.98 Å². The SMILES string of the molecule is Cc1cccc(C)c1-n1ccnc1SCC(=O)O. The van der Waals surface area contributed by atoms with Gasteiger partial charge in [-0.2, -0.15) is 0 Å². The van der Waals surface area contributed by atoms with Crippen LogP contribution in [0.2, 0.25) is 0 Å². The van der Waals surface area contributed by atoms with Gasteiger partial charge in [0.1, 0.15) is 0 Å². The van der Waals surface area contributed by atoms with Gasteiger partial charge in [-0.1, -0.05) is 30.0 Å². The van der Waals surface area contributed by atoms with Crippen LogP contribution in [0.5, 0.6) is 0 Å². The number of aliphatic carboxylic acids is 1. The molecule has 0 bridgehead atoms. The van der Waals surface area contributed by atoms with Crippen molar-refractivity contribution in [1.82, 2.24) is 9.55 Å². The molecule has 1 aromatic carbocycles. The van der Waals surface area contributed by atoms with Gasteiger partial charge in [0.25, 0.3) is 0 Å². The van der Waals surface area contributed by atoms with E-state index in [1.165, 1.54) is 11.8 Å². The molecule has 0 radical (unpaired) electrons. The quantitative estimate of drug-likeness (QED) is 0.861. The molecule has 94 valence electrons. The minimum absolute atomic E-state index is 0.0158. The molecule has 0 aliphatic carbocycles. The van der Waals surface area contributed by atoms with Crippen LogP contribution in [0.15, 0.2) is 35.7 Å². The largest absolute Gasteiger partial charge is 0.481 e. The molecule has 4 nitrogen and oxygen atoms in total. The van der Waals surface area contributed by atoms with Crippen LogP contribution >= 0.6 is 11.8 Å². The minimum Gasteiger partial charge on any atom is -0.481 e. The van der Waals surface area contributed by atoms with Gasteiger partial charge in [0, 0.05) is 12.4 Å². The first-order valence-corrected chi connectivity index (χ1v) is 6.52. The summed E-state index contributed by atoms with van der Waals surface area (Å²) in [6.45, 7) is 4.07. The minimum atomic E-state index is -0.837. The highest BCUT2D eigenvalue weighted by Crippen LogP contribution is 2.25. The van der Waals surface area contributed by atoms with Crippen LogP contribution in [0, 0.1) is 13.8 Å². The van der Waals surface area contributed by atoms with Gasteiger partial charge in [0.05, 0.1) is 11.4 Å².